The fraction of sp³-hybridized carbons (Fsp3) is 0.750. The highest BCUT2D eigenvalue weighted by atomic mass is 16.2. The molecule has 1 spiro atoms. The van der Waals surface area contributed by atoms with E-state index in [9.17, 15) is 4.79 Å². The molecule has 1 N–H and O–H groups in total. The van der Waals surface area contributed by atoms with Crippen LogP contribution in [-0.2, 0) is 0 Å². The zero-order valence-corrected chi connectivity index (χ0v) is 12.8. The zero-order valence-electron chi connectivity index (χ0n) is 12.8. The Balaban J connectivity index is 1.45. The van der Waals surface area contributed by atoms with Gasteiger partial charge in [-0.2, -0.15) is 5.10 Å². The quantitative estimate of drug-likeness (QED) is 0.903. The van der Waals surface area contributed by atoms with Gasteiger partial charge in [0.2, 0.25) is 0 Å². The van der Waals surface area contributed by atoms with E-state index in [1.54, 1.807) is 6.20 Å². The number of hydrogen-bond donors (Lipinski definition) is 1. The predicted molar refractivity (Wildman–Crippen MR) is 80.2 cm³/mol. The Kier molecular flexibility index (Phi) is 3.06. The van der Waals surface area contributed by atoms with E-state index in [1.807, 2.05) is 4.90 Å². The normalized spacial score (nSPS) is 25.7. The first-order valence-electron chi connectivity index (χ1n) is 8.18. The van der Waals surface area contributed by atoms with Crippen LogP contribution >= 0.6 is 0 Å². The Labute approximate surface area is 125 Å². The van der Waals surface area contributed by atoms with Gasteiger partial charge in [-0.05, 0) is 19.9 Å². The summed E-state index contributed by atoms with van der Waals surface area (Å²) >= 11 is 0. The van der Waals surface area contributed by atoms with Gasteiger partial charge in [-0.3, -0.25) is 9.89 Å². The van der Waals surface area contributed by atoms with Crippen LogP contribution in [0.5, 0.6) is 0 Å². The molecule has 1 aromatic rings. The van der Waals surface area contributed by atoms with Gasteiger partial charge in [0, 0.05) is 37.5 Å². The maximum atomic E-state index is 12.7. The standard InChI is InChI=1S/C16H24N4O/c1-19-8-16(9-19)10-20(11-16)15(21)13-7-17-18-14(13)12-5-3-2-4-6-12/h7,12H,2-6,8-11H2,1H3,(H,17,18). The van der Waals surface area contributed by atoms with E-state index < -0.39 is 0 Å². The van der Waals surface area contributed by atoms with Gasteiger partial charge in [-0.1, -0.05) is 19.3 Å². The van der Waals surface area contributed by atoms with E-state index in [2.05, 4.69) is 22.1 Å². The molecule has 5 heteroatoms. The molecule has 2 aliphatic heterocycles. The highest BCUT2D eigenvalue weighted by molar-refractivity contribution is 5.96. The first kappa shape index (κ1) is 13.3. The largest absolute Gasteiger partial charge is 0.337 e. The van der Waals surface area contributed by atoms with Crippen LogP contribution < -0.4 is 0 Å². The van der Waals surface area contributed by atoms with E-state index in [-0.39, 0.29) is 5.91 Å². The number of likely N-dealkylation sites (tertiary alicyclic amines) is 2. The summed E-state index contributed by atoms with van der Waals surface area (Å²) < 4.78 is 0. The lowest BCUT2D eigenvalue weighted by Crippen LogP contribution is -2.72. The van der Waals surface area contributed by atoms with Crippen molar-refractivity contribution in [3.63, 3.8) is 0 Å². The molecule has 2 saturated heterocycles. The molecule has 1 amide bonds. The second-order valence-electron chi connectivity index (χ2n) is 7.37. The highest BCUT2D eigenvalue weighted by Gasteiger charge is 2.52. The van der Waals surface area contributed by atoms with Gasteiger partial charge in [-0.15, -0.1) is 0 Å². The number of hydrogen-bond acceptors (Lipinski definition) is 3. The van der Waals surface area contributed by atoms with Crippen molar-refractivity contribution in [2.45, 2.75) is 38.0 Å². The molecular weight excluding hydrogens is 264 g/mol. The van der Waals surface area contributed by atoms with Crippen molar-refractivity contribution in [3.05, 3.63) is 17.5 Å². The van der Waals surface area contributed by atoms with Gasteiger partial charge in [0.1, 0.15) is 0 Å². The lowest BCUT2D eigenvalue weighted by Gasteiger charge is -2.59. The molecule has 1 aromatic heterocycles. The van der Waals surface area contributed by atoms with Crippen LogP contribution in [0.15, 0.2) is 6.20 Å². The van der Waals surface area contributed by atoms with E-state index in [1.165, 1.54) is 32.1 Å². The molecule has 0 aromatic carbocycles. The van der Waals surface area contributed by atoms with Crippen molar-refractivity contribution in [2.75, 3.05) is 33.2 Å². The highest BCUT2D eigenvalue weighted by Crippen LogP contribution is 2.40. The second-order valence-corrected chi connectivity index (χ2v) is 7.37. The third-order valence-electron chi connectivity index (χ3n) is 5.46. The van der Waals surface area contributed by atoms with Crippen LogP contribution in [0.3, 0.4) is 0 Å². The minimum atomic E-state index is 0.185. The van der Waals surface area contributed by atoms with Gasteiger partial charge >= 0.3 is 0 Å². The van der Waals surface area contributed by atoms with Gasteiger partial charge < -0.3 is 9.80 Å². The van der Waals surface area contributed by atoms with Crippen LogP contribution in [0, 0.1) is 5.41 Å². The molecule has 0 bridgehead atoms. The summed E-state index contributed by atoms with van der Waals surface area (Å²) in [4.78, 5) is 17.0. The summed E-state index contributed by atoms with van der Waals surface area (Å²) in [6.07, 6.45) is 8.00. The molecule has 4 rings (SSSR count). The van der Waals surface area contributed by atoms with Crippen LogP contribution in [0.4, 0.5) is 0 Å². The Hall–Kier alpha value is -1.36. The van der Waals surface area contributed by atoms with Crippen LogP contribution in [-0.4, -0.2) is 59.1 Å². The number of carbonyl (C=O) groups is 1. The van der Waals surface area contributed by atoms with Crippen molar-refractivity contribution < 1.29 is 4.79 Å². The third-order valence-corrected chi connectivity index (χ3v) is 5.46. The number of rotatable bonds is 2. The smallest absolute Gasteiger partial charge is 0.257 e. The fourth-order valence-corrected chi connectivity index (χ4v) is 4.55. The first-order chi connectivity index (χ1) is 10.2. The number of carbonyl (C=O) groups excluding carboxylic acids is 1. The SMILES string of the molecule is CN1CC2(C1)CN(C(=O)c1cn[nH]c1C1CCCCC1)C2. The molecule has 1 saturated carbocycles. The Morgan fingerprint density at radius 2 is 1.95 bits per heavy atom. The molecule has 0 unspecified atom stereocenters. The summed E-state index contributed by atoms with van der Waals surface area (Å²) in [6, 6.07) is 0. The van der Waals surface area contributed by atoms with Crippen LogP contribution in [0.25, 0.3) is 0 Å². The maximum absolute atomic E-state index is 12.7. The molecule has 3 aliphatic rings. The third kappa shape index (κ3) is 2.18. The van der Waals surface area contributed by atoms with Gasteiger partial charge in [-0.25, -0.2) is 0 Å². The van der Waals surface area contributed by atoms with Crippen LogP contribution in [0.2, 0.25) is 0 Å². The number of aromatic nitrogens is 2. The summed E-state index contributed by atoms with van der Waals surface area (Å²) in [5.74, 6) is 0.690. The molecular formula is C16H24N4O. The summed E-state index contributed by atoms with van der Waals surface area (Å²) in [7, 11) is 2.15. The zero-order chi connectivity index (χ0) is 14.4. The summed E-state index contributed by atoms with van der Waals surface area (Å²) in [5, 5.41) is 7.27. The van der Waals surface area contributed by atoms with E-state index in [0.29, 0.717) is 11.3 Å². The van der Waals surface area contributed by atoms with E-state index in [4.69, 9.17) is 0 Å². The molecule has 3 fully saturated rings. The lowest BCUT2D eigenvalue weighted by atomic mass is 9.73. The number of nitrogens with one attached hydrogen (secondary N) is 1. The van der Waals surface area contributed by atoms with Crippen molar-refractivity contribution >= 4 is 5.91 Å². The monoisotopic (exact) mass is 288 g/mol. The van der Waals surface area contributed by atoms with Crippen LogP contribution in [0.1, 0.15) is 54.1 Å². The Bertz CT molecular complexity index is 532. The average Bonchev–Trinajstić information content (AvgIpc) is 2.91. The van der Waals surface area contributed by atoms with Gasteiger partial charge in [0.15, 0.2) is 0 Å². The Morgan fingerprint density at radius 3 is 2.62 bits per heavy atom. The summed E-state index contributed by atoms with van der Waals surface area (Å²) in [6.45, 7) is 4.12. The van der Waals surface area contributed by atoms with E-state index in [0.717, 1.165) is 37.4 Å². The second kappa shape index (κ2) is 4.83. The average molecular weight is 288 g/mol. The maximum Gasteiger partial charge on any atom is 0.257 e. The van der Waals surface area contributed by atoms with E-state index >= 15 is 0 Å². The van der Waals surface area contributed by atoms with Crippen molar-refractivity contribution in [3.8, 4) is 0 Å². The Morgan fingerprint density at radius 1 is 1.24 bits per heavy atom. The molecule has 1 aliphatic carbocycles. The minimum absolute atomic E-state index is 0.185. The number of nitrogens with zero attached hydrogens (tertiary/aromatic N) is 3. The minimum Gasteiger partial charge on any atom is -0.337 e. The predicted octanol–water partition coefficient (Wildman–Crippen LogP) is 1.84. The molecule has 5 nitrogen and oxygen atoms in total. The lowest BCUT2D eigenvalue weighted by molar-refractivity contribution is -0.0872. The van der Waals surface area contributed by atoms with Crippen molar-refractivity contribution in [1.82, 2.24) is 20.0 Å². The molecule has 0 atom stereocenters. The topological polar surface area (TPSA) is 52.2 Å². The number of amides is 1. The summed E-state index contributed by atoms with van der Waals surface area (Å²) in [5.41, 5.74) is 2.31. The van der Waals surface area contributed by atoms with Gasteiger partial charge in [0.05, 0.1) is 17.5 Å². The molecule has 3 heterocycles. The number of aromatic amines is 1. The van der Waals surface area contributed by atoms with Gasteiger partial charge in [0.25, 0.3) is 5.91 Å². The molecule has 114 valence electrons. The molecule has 21 heavy (non-hydrogen) atoms. The van der Waals surface area contributed by atoms with Crippen molar-refractivity contribution in [1.29, 1.82) is 0 Å². The fourth-order valence-electron chi connectivity index (χ4n) is 4.55. The number of H-pyrrole nitrogens is 1. The first-order valence-corrected chi connectivity index (χ1v) is 8.18. The van der Waals surface area contributed by atoms with Crippen molar-refractivity contribution in [2.24, 2.45) is 5.41 Å². The molecule has 0 radical (unpaired) electrons.